The van der Waals surface area contributed by atoms with E-state index in [2.05, 4.69) is 19.9 Å². The van der Waals surface area contributed by atoms with Crippen molar-refractivity contribution in [3.63, 3.8) is 0 Å². The molecule has 1 nitrogen and oxygen atoms in total. The summed E-state index contributed by atoms with van der Waals surface area (Å²) in [6.45, 7) is 4.32. The molecule has 0 aromatic heterocycles. The highest BCUT2D eigenvalue weighted by Crippen LogP contribution is 2.32. The highest BCUT2D eigenvalue weighted by molar-refractivity contribution is 7.57. The predicted molar refractivity (Wildman–Crippen MR) is 38.5 cm³/mol. The molecule has 8 heavy (non-hydrogen) atoms. The SMILES string of the molecule is CCP(CC)CC#N. The fraction of sp³-hybridized carbons (Fsp3) is 0.833. The van der Waals surface area contributed by atoms with Crippen LogP contribution in [-0.2, 0) is 0 Å². The van der Waals surface area contributed by atoms with Crippen LogP contribution in [0.4, 0.5) is 0 Å². The first-order valence-corrected chi connectivity index (χ1v) is 4.84. The van der Waals surface area contributed by atoms with Crippen LogP contribution < -0.4 is 0 Å². The van der Waals surface area contributed by atoms with Gasteiger partial charge < -0.3 is 0 Å². The minimum atomic E-state index is 0.0826. The monoisotopic (exact) mass is 129 g/mol. The van der Waals surface area contributed by atoms with Gasteiger partial charge in [-0.3, -0.25) is 0 Å². The van der Waals surface area contributed by atoms with Gasteiger partial charge in [0, 0.05) is 0 Å². The molecule has 0 heterocycles. The van der Waals surface area contributed by atoms with Gasteiger partial charge >= 0.3 is 0 Å². The third-order valence-corrected chi connectivity index (χ3v) is 3.57. The number of rotatable bonds is 3. The summed E-state index contributed by atoms with van der Waals surface area (Å²) in [4.78, 5) is 0. The second kappa shape index (κ2) is 5.06. The topological polar surface area (TPSA) is 23.8 Å². The van der Waals surface area contributed by atoms with Crippen LogP contribution >= 0.6 is 7.92 Å². The summed E-state index contributed by atoms with van der Waals surface area (Å²) in [5.41, 5.74) is 0. The minimum absolute atomic E-state index is 0.0826. The van der Waals surface area contributed by atoms with Crippen LogP contribution in [0.25, 0.3) is 0 Å². The lowest BCUT2D eigenvalue weighted by atomic mass is 10.9. The van der Waals surface area contributed by atoms with Gasteiger partial charge in [-0.1, -0.05) is 21.8 Å². The first-order valence-electron chi connectivity index (χ1n) is 2.94. The van der Waals surface area contributed by atoms with Crippen molar-refractivity contribution in [2.75, 3.05) is 18.5 Å². The number of nitriles is 1. The molecular formula is C6H12NP. The summed E-state index contributed by atoms with van der Waals surface area (Å²) in [5.74, 6) is 0. The average Bonchev–Trinajstić information content (AvgIpc) is 1.83. The zero-order chi connectivity index (χ0) is 6.41. The Morgan fingerprint density at radius 2 is 1.88 bits per heavy atom. The number of hydrogen-bond acceptors (Lipinski definition) is 1. The fourth-order valence-corrected chi connectivity index (χ4v) is 1.64. The van der Waals surface area contributed by atoms with Gasteiger partial charge in [0.25, 0.3) is 0 Å². The Labute approximate surface area is 52.5 Å². The zero-order valence-corrected chi connectivity index (χ0v) is 6.41. The smallest absolute Gasteiger partial charge is 0.0668 e. The van der Waals surface area contributed by atoms with Crippen LogP contribution in [0.2, 0.25) is 0 Å². The average molecular weight is 129 g/mol. The van der Waals surface area contributed by atoms with Crippen LogP contribution in [0.5, 0.6) is 0 Å². The highest BCUT2D eigenvalue weighted by Gasteiger charge is 1.97. The normalized spacial score (nSPS) is 9.25. The number of nitrogens with zero attached hydrogens (tertiary/aromatic N) is 1. The third-order valence-electron chi connectivity index (χ3n) is 1.19. The Hall–Kier alpha value is -0.0800. The first-order chi connectivity index (χ1) is 3.85. The van der Waals surface area contributed by atoms with Crippen molar-refractivity contribution in [2.24, 2.45) is 0 Å². The molecule has 0 saturated carbocycles. The van der Waals surface area contributed by atoms with Gasteiger partial charge in [-0.15, -0.1) is 0 Å². The Balaban J connectivity index is 3.25. The molecule has 0 aliphatic rings. The second-order valence-corrected chi connectivity index (χ2v) is 4.54. The van der Waals surface area contributed by atoms with Crippen molar-refractivity contribution in [1.82, 2.24) is 0 Å². The van der Waals surface area contributed by atoms with E-state index < -0.39 is 0 Å². The van der Waals surface area contributed by atoms with E-state index in [0.717, 1.165) is 6.16 Å². The minimum Gasteiger partial charge on any atom is -0.198 e. The van der Waals surface area contributed by atoms with Crippen LogP contribution in [0.3, 0.4) is 0 Å². The molecule has 0 fully saturated rings. The lowest BCUT2D eigenvalue weighted by Crippen LogP contribution is -1.85. The quantitative estimate of drug-likeness (QED) is 0.535. The molecule has 0 atom stereocenters. The lowest BCUT2D eigenvalue weighted by Gasteiger charge is -2.05. The summed E-state index contributed by atoms with van der Waals surface area (Å²) in [6, 6.07) is 2.20. The van der Waals surface area contributed by atoms with Crippen molar-refractivity contribution < 1.29 is 0 Å². The summed E-state index contributed by atoms with van der Waals surface area (Å²) in [6.07, 6.45) is 3.21. The zero-order valence-electron chi connectivity index (χ0n) is 5.52. The molecule has 2 heteroatoms. The van der Waals surface area contributed by atoms with Crippen molar-refractivity contribution in [2.45, 2.75) is 13.8 Å². The molecule has 0 amide bonds. The largest absolute Gasteiger partial charge is 0.198 e. The van der Waals surface area contributed by atoms with E-state index in [1.54, 1.807) is 0 Å². The van der Waals surface area contributed by atoms with Crippen molar-refractivity contribution in [3.8, 4) is 6.07 Å². The molecule has 0 N–H and O–H groups in total. The van der Waals surface area contributed by atoms with Crippen LogP contribution in [-0.4, -0.2) is 18.5 Å². The van der Waals surface area contributed by atoms with Gasteiger partial charge in [0.15, 0.2) is 0 Å². The van der Waals surface area contributed by atoms with Gasteiger partial charge in [0.2, 0.25) is 0 Å². The van der Waals surface area contributed by atoms with Gasteiger partial charge in [0.05, 0.1) is 12.2 Å². The molecule has 0 aliphatic carbocycles. The van der Waals surface area contributed by atoms with E-state index in [4.69, 9.17) is 5.26 Å². The number of hydrogen-bond donors (Lipinski definition) is 0. The maximum atomic E-state index is 8.27. The fourth-order valence-electron chi connectivity index (χ4n) is 0.547. The van der Waals surface area contributed by atoms with Crippen LogP contribution in [0.15, 0.2) is 0 Å². The maximum absolute atomic E-state index is 8.27. The van der Waals surface area contributed by atoms with Crippen molar-refractivity contribution in [3.05, 3.63) is 0 Å². The third kappa shape index (κ3) is 2.99. The molecule has 0 saturated heterocycles. The molecule has 0 aromatic rings. The van der Waals surface area contributed by atoms with Gasteiger partial charge in [-0.05, 0) is 12.3 Å². The molecule has 0 spiro atoms. The molecule has 0 aromatic carbocycles. The Bertz CT molecular complexity index is 81.0. The molecule has 0 radical (unpaired) electrons. The second-order valence-electron chi connectivity index (χ2n) is 1.62. The summed E-state index contributed by atoms with van der Waals surface area (Å²) < 4.78 is 0. The summed E-state index contributed by atoms with van der Waals surface area (Å²) in [5, 5.41) is 8.27. The Kier molecular flexibility index (Phi) is 5.01. The van der Waals surface area contributed by atoms with E-state index >= 15 is 0 Å². The molecule has 0 bridgehead atoms. The van der Waals surface area contributed by atoms with Gasteiger partial charge in [-0.2, -0.15) is 5.26 Å². The van der Waals surface area contributed by atoms with E-state index in [9.17, 15) is 0 Å². The predicted octanol–water partition coefficient (Wildman–Crippen LogP) is 2.03. The summed E-state index contributed by atoms with van der Waals surface area (Å²) >= 11 is 0. The van der Waals surface area contributed by atoms with Crippen molar-refractivity contribution >= 4 is 7.92 Å². The Morgan fingerprint density at radius 3 is 2.00 bits per heavy atom. The van der Waals surface area contributed by atoms with E-state index in [0.29, 0.717) is 0 Å². The molecule has 0 unspecified atom stereocenters. The van der Waals surface area contributed by atoms with Gasteiger partial charge in [0.1, 0.15) is 0 Å². The first kappa shape index (κ1) is 7.92. The molecule has 46 valence electrons. The molecular weight excluding hydrogens is 117 g/mol. The van der Waals surface area contributed by atoms with E-state index in [1.807, 2.05) is 0 Å². The lowest BCUT2D eigenvalue weighted by molar-refractivity contribution is 1.38. The standard InChI is InChI=1S/C6H12NP/c1-3-8(4-2)6-5-7/h3-4,6H2,1-2H3. The van der Waals surface area contributed by atoms with Gasteiger partial charge in [-0.25, -0.2) is 0 Å². The summed E-state index contributed by atoms with van der Waals surface area (Å²) in [7, 11) is 0.0826. The van der Waals surface area contributed by atoms with Crippen LogP contribution in [0, 0.1) is 11.3 Å². The Morgan fingerprint density at radius 1 is 1.38 bits per heavy atom. The van der Waals surface area contributed by atoms with Crippen LogP contribution in [0.1, 0.15) is 13.8 Å². The van der Waals surface area contributed by atoms with E-state index in [1.165, 1.54) is 12.3 Å². The van der Waals surface area contributed by atoms with E-state index in [-0.39, 0.29) is 7.92 Å². The maximum Gasteiger partial charge on any atom is 0.0668 e. The highest BCUT2D eigenvalue weighted by atomic mass is 31.1. The molecule has 0 aliphatic heterocycles. The van der Waals surface area contributed by atoms with Crippen molar-refractivity contribution in [1.29, 1.82) is 5.26 Å². The molecule has 0 rings (SSSR count).